The van der Waals surface area contributed by atoms with Crippen molar-refractivity contribution in [3.8, 4) is 5.75 Å². The monoisotopic (exact) mass is 459 g/mol. The molecule has 0 radical (unpaired) electrons. The molecule has 1 atom stereocenters. The van der Waals surface area contributed by atoms with Gasteiger partial charge in [0.25, 0.3) is 10.0 Å². The van der Waals surface area contributed by atoms with E-state index in [1.54, 1.807) is 24.3 Å². The number of carbonyl (C=O) groups is 1. The first kappa shape index (κ1) is 21.1. The Hall–Kier alpha value is -3.17. The van der Waals surface area contributed by atoms with E-state index in [9.17, 15) is 13.2 Å². The van der Waals surface area contributed by atoms with Crippen molar-refractivity contribution in [1.82, 2.24) is 4.98 Å². The van der Waals surface area contributed by atoms with Crippen LogP contribution in [0.25, 0.3) is 0 Å². The number of rotatable bonds is 7. The van der Waals surface area contributed by atoms with E-state index in [1.807, 2.05) is 6.07 Å². The van der Waals surface area contributed by atoms with Crippen LogP contribution in [0.4, 0.5) is 5.69 Å². The first-order valence-corrected chi connectivity index (χ1v) is 11.2. The number of carbonyl (C=O) groups excluding carboxylic acids is 1. The third kappa shape index (κ3) is 4.47. The molecule has 2 heterocycles. The van der Waals surface area contributed by atoms with Gasteiger partial charge in [-0.3, -0.25) is 4.79 Å². The molecule has 2 aromatic carbocycles. The lowest BCUT2D eigenvalue weighted by atomic mass is 9.93. The maximum atomic E-state index is 12.8. The number of fused-ring (bicyclic) bond motifs is 1. The Morgan fingerprint density at radius 1 is 1.26 bits per heavy atom. The Bertz CT molecular complexity index is 1260. The highest BCUT2D eigenvalue weighted by atomic mass is 35.5. The van der Waals surface area contributed by atoms with Crippen molar-refractivity contribution in [3.63, 3.8) is 0 Å². The predicted octanol–water partition coefficient (Wildman–Crippen LogP) is 4.03. The number of amidine groups is 1. The molecule has 0 spiro atoms. The highest BCUT2D eigenvalue weighted by Crippen LogP contribution is 2.33. The van der Waals surface area contributed by atoms with E-state index in [-0.39, 0.29) is 28.8 Å². The highest BCUT2D eigenvalue weighted by Gasteiger charge is 2.29. The van der Waals surface area contributed by atoms with E-state index in [4.69, 9.17) is 20.8 Å². The van der Waals surface area contributed by atoms with Gasteiger partial charge in [0.05, 0.1) is 24.9 Å². The lowest BCUT2D eigenvalue weighted by Crippen LogP contribution is -2.29. The third-order valence-corrected chi connectivity index (χ3v) is 6.41. The fourth-order valence-electron chi connectivity index (χ4n) is 3.34. The molecule has 1 N–H and O–H groups in total. The standard InChI is InChI=1S/C21H18ClN3O5S/c1-29-15-5-7-17-19(12-15)31(27,28)25-20(24-17)18(26)8-6-16(21-23-9-10-30-21)13-3-2-4-14(22)11-13/h2-5,7,9-12,16H,6,8H2,1H3,(H,24,25). The van der Waals surface area contributed by atoms with Gasteiger partial charge in [0.15, 0.2) is 11.6 Å². The van der Waals surface area contributed by atoms with E-state index in [1.165, 1.54) is 31.7 Å². The Kier molecular flexibility index (Phi) is 5.79. The summed E-state index contributed by atoms with van der Waals surface area (Å²) in [5, 5.41) is 3.37. The van der Waals surface area contributed by atoms with Gasteiger partial charge < -0.3 is 14.5 Å². The van der Waals surface area contributed by atoms with Gasteiger partial charge in [0.1, 0.15) is 16.9 Å². The quantitative estimate of drug-likeness (QED) is 0.567. The molecular weight excluding hydrogens is 442 g/mol. The number of sulfonamides is 1. The van der Waals surface area contributed by atoms with Crippen molar-refractivity contribution < 1.29 is 22.4 Å². The SMILES string of the molecule is COc1ccc2c(c1)S(=O)(=O)N=C(C(=O)CCC(c1cccc(Cl)c1)c1ncco1)N2. The summed E-state index contributed by atoms with van der Waals surface area (Å²) in [7, 11) is -2.59. The summed E-state index contributed by atoms with van der Waals surface area (Å²) in [5.41, 5.74) is 1.12. The predicted molar refractivity (Wildman–Crippen MR) is 115 cm³/mol. The molecule has 3 aromatic rings. The van der Waals surface area contributed by atoms with Gasteiger partial charge in [-0.2, -0.15) is 8.42 Å². The van der Waals surface area contributed by atoms with E-state index in [2.05, 4.69) is 14.7 Å². The Morgan fingerprint density at radius 3 is 2.81 bits per heavy atom. The summed E-state index contributed by atoms with van der Waals surface area (Å²) in [6.07, 6.45) is 3.33. The lowest BCUT2D eigenvalue weighted by molar-refractivity contribution is -0.113. The van der Waals surface area contributed by atoms with Gasteiger partial charge in [-0.25, -0.2) is 4.98 Å². The second-order valence-electron chi connectivity index (χ2n) is 6.84. The normalized spacial score (nSPS) is 15.4. The number of halogens is 1. The van der Waals surface area contributed by atoms with E-state index >= 15 is 0 Å². The summed E-state index contributed by atoms with van der Waals surface area (Å²) < 4.78 is 39.3. The molecule has 8 nitrogen and oxygen atoms in total. The van der Waals surface area contributed by atoms with E-state index < -0.39 is 15.8 Å². The van der Waals surface area contributed by atoms with Gasteiger partial charge >= 0.3 is 0 Å². The Balaban J connectivity index is 1.56. The van der Waals surface area contributed by atoms with Gasteiger partial charge in [-0.05, 0) is 36.2 Å². The van der Waals surface area contributed by atoms with Gasteiger partial charge in [-0.1, -0.05) is 23.7 Å². The van der Waals surface area contributed by atoms with Crippen LogP contribution in [-0.2, 0) is 14.8 Å². The Labute approximate surface area is 184 Å². The summed E-state index contributed by atoms with van der Waals surface area (Å²) >= 11 is 6.11. The molecule has 0 fully saturated rings. The summed E-state index contributed by atoms with van der Waals surface area (Å²) in [6, 6.07) is 11.7. The van der Waals surface area contributed by atoms with Crippen LogP contribution in [0.1, 0.15) is 30.2 Å². The number of anilines is 1. The maximum Gasteiger partial charge on any atom is 0.286 e. The number of Topliss-reactive ketones (excluding diaryl/α,β-unsaturated/α-hetero) is 1. The number of ether oxygens (including phenoxy) is 1. The van der Waals surface area contributed by atoms with E-state index in [0.29, 0.717) is 23.1 Å². The smallest absolute Gasteiger partial charge is 0.286 e. The molecule has 1 aliphatic rings. The molecule has 0 aliphatic carbocycles. The highest BCUT2D eigenvalue weighted by molar-refractivity contribution is 7.90. The zero-order valence-corrected chi connectivity index (χ0v) is 18.0. The second-order valence-corrected chi connectivity index (χ2v) is 8.85. The molecule has 0 amide bonds. The number of aromatic nitrogens is 1. The molecule has 10 heteroatoms. The molecule has 1 aliphatic heterocycles. The molecule has 1 unspecified atom stereocenters. The van der Waals surface area contributed by atoms with Crippen LogP contribution in [0.15, 0.2) is 68.6 Å². The van der Waals surface area contributed by atoms with Crippen molar-refractivity contribution in [2.75, 3.05) is 12.4 Å². The topological polar surface area (TPSA) is 111 Å². The van der Waals surface area contributed by atoms with Crippen molar-refractivity contribution in [1.29, 1.82) is 0 Å². The first-order valence-electron chi connectivity index (χ1n) is 9.35. The second kappa shape index (κ2) is 8.52. The van der Waals surface area contributed by atoms with Crippen LogP contribution < -0.4 is 10.1 Å². The third-order valence-electron chi connectivity index (χ3n) is 4.86. The Morgan fingerprint density at radius 2 is 2.10 bits per heavy atom. The molecule has 31 heavy (non-hydrogen) atoms. The summed E-state index contributed by atoms with van der Waals surface area (Å²) in [4.78, 5) is 17.0. The largest absolute Gasteiger partial charge is 0.497 e. The number of hydrogen-bond acceptors (Lipinski definition) is 7. The minimum atomic E-state index is -4.03. The van der Waals surface area contributed by atoms with Crippen LogP contribution in [0.2, 0.25) is 5.02 Å². The average molecular weight is 460 g/mol. The number of benzene rings is 2. The van der Waals surface area contributed by atoms with Crippen LogP contribution in [-0.4, -0.2) is 32.1 Å². The number of ketones is 1. The average Bonchev–Trinajstić information content (AvgIpc) is 3.27. The molecular formula is C21H18ClN3O5S. The zero-order valence-electron chi connectivity index (χ0n) is 16.4. The van der Waals surface area contributed by atoms with E-state index in [0.717, 1.165) is 5.56 Å². The number of nitrogens with one attached hydrogen (secondary N) is 1. The van der Waals surface area contributed by atoms with Crippen molar-refractivity contribution in [3.05, 3.63) is 71.4 Å². The number of oxazole rings is 1. The van der Waals surface area contributed by atoms with Crippen molar-refractivity contribution >= 4 is 38.9 Å². The number of hydrogen-bond donors (Lipinski definition) is 1. The molecule has 0 saturated carbocycles. The maximum absolute atomic E-state index is 12.8. The van der Waals surface area contributed by atoms with Gasteiger partial charge in [-0.15, -0.1) is 4.40 Å². The van der Waals surface area contributed by atoms with Crippen LogP contribution in [0.3, 0.4) is 0 Å². The fraction of sp³-hybridized carbons (Fsp3) is 0.190. The van der Waals surface area contributed by atoms with Crippen molar-refractivity contribution in [2.24, 2.45) is 4.40 Å². The fourth-order valence-corrected chi connectivity index (χ4v) is 4.69. The van der Waals surface area contributed by atoms with Gasteiger partial charge in [0.2, 0.25) is 5.89 Å². The number of methoxy groups -OCH3 is 1. The molecule has 160 valence electrons. The molecule has 0 saturated heterocycles. The number of nitrogens with zero attached hydrogens (tertiary/aromatic N) is 2. The summed E-state index contributed by atoms with van der Waals surface area (Å²) in [6.45, 7) is 0. The van der Waals surface area contributed by atoms with Crippen molar-refractivity contribution in [2.45, 2.75) is 23.7 Å². The summed E-state index contributed by atoms with van der Waals surface area (Å²) in [5.74, 6) is -0.170. The zero-order chi connectivity index (χ0) is 22.0. The van der Waals surface area contributed by atoms with Crippen LogP contribution in [0.5, 0.6) is 5.75 Å². The first-order chi connectivity index (χ1) is 14.9. The lowest BCUT2D eigenvalue weighted by Gasteiger charge is -2.19. The minimum Gasteiger partial charge on any atom is -0.497 e. The van der Waals surface area contributed by atoms with Crippen LogP contribution >= 0.6 is 11.6 Å². The van der Waals surface area contributed by atoms with Gasteiger partial charge in [0, 0.05) is 17.5 Å². The minimum absolute atomic E-state index is 0.0202. The molecule has 4 rings (SSSR count). The van der Waals surface area contributed by atoms with Crippen LogP contribution in [0, 0.1) is 0 Å². The molecule has 0 bridgehead atoms. The molecule has 1 aromatic heterocycles.